The molecule has 180 valence electrons. The molecule has 0 spiro atoms. The van der Waals surface area contributed by atoms with Crippen molar-refractivity contribution < 1.29 is 19.2 Å². The fourth-order valence-electron chi connectivity index (χ4n) is 4.30. The highest BCUT2D eigenvalue weighted by atomic mass is 16.2. The van der Waals surface area contributed by atoms with Crippen LogP contribution in [0.15, 0.2) is 42.6 Å². The van der Waals surface area contributed by atoms with Gasteiger partial charge >= 0.3 is 0 Å². The van der Waals surface area contributed by atoms with E-state index in [1.807, 2.05) is 6.07 Å². The van der Waals surface area contributed by atoms with Crippen molar-refractivity contribution >= 4 is 35.0 Å². The molecular weight excluding hydrogens is 464 g/mol. The molecule has 1 aromatic heterocycles. The second-order valence-corrected chi connectivity index (χ2v) is 8.37. The summed E-state index contributed by atoms with van der Waals surface area (Å²) in [6.07, 6.45) is 1.90. The van der Waals surface area contributed by atoms with Crippen LogP contribution in [0.5, 0.6) is 0 Å². The highest BCUT2D eigenvalue weighted by Crippen LogP contribution is 2.29. The van der Waals surface area contributed by atoms with E-state index in [1.54, 1.807) is 43.4 Å². The Bertz CT molecular complexity index is 1470. The van der Waals surface area contributed by atoms with Crippen molar-refractivity contribution in [1.29, 1.82) is 5.26 Å². The number of piperidine rings is 1. The summed E-state index contributed by atoms with van der Waals surface area (Å²) in [6, 6.07) is 11.3. The molecule has 4 amide bonds. The van der Waals surface area contributed by atoms with Crippen LogP contribution in [0.25, 0.3) is 5.69 Å². The van der Waals surface area contributed by atoms with Crippen molar-refractivity contribution in [1.82, 2.24) is 25.2 Å². The van der Waals surface area contributed by atoms with E-state index in [9.17, 15) is 19.2 Å². The molecule has 0 radical (unpaired) electrons. The van der Waals surface area contributed by atoms with Crippen LogP contribution in [-0.4, -0.2) is 56.6 Å². The normalized spacial score (nSPS) is 16.8. The number of fused-ring (bicyclic) bond motifs is 1. The Kier molecular flexibility index (Phi) is 5.65. The van der Waals surface area contributed by atoms with Crippen LogP contribution >= 0.6 is 0 Å². The van der Waals surface area contributed by atoms with Crippen molar-refractivity contribution in [2.24, 2.45) is 0 Å². The Balaban J connectivity index is 1.34. The Morgan fingerprint density at radius 1 is 1.17 bits per heavy atom. The summed E-state index contributed by atoms with van der Waals surface area (Å²) in [5.74, 6) is -1.64. The van der Waals surface area contributed by atoms with Gasteiger partial charge in [0.05, 0.1) is 34.9 Å². The predicted molar refractivity (Wildman–Crippen MR) is 126 cm³/mol. The van der Waals surface area contributed by atoms with E-state index in [0.717, 1.165) is 5.56 Å². The predicted octanol–water partition coefficient (Wildman–Crippen LogP) is 1.19. The average molecular weight is 484 g/mol. The minimum Gasteiger partial charge on any atom is -0.386 e. The van der Waals surface area contributed by atoms with Crippen LogP contribution in [0.1, 0.15) is 44.8 Å². The molecule has 0 aliphatic carbocycles. The van der Waals surface area contributed by atoms with E-state index in [0.29, 0.717) is 28.2 Å². The summed E-state index contributed by atoms with van der Waals surface area (Å²) >= 11 is 0. The third-order valence-corrected chi connectivity index (χ3v) is 6.17. The molecule has 36 heavy (non-hydrogen) atoms. The first-order valence-corrected chi connectivity index (χ1v) is 11.1. The molecule has 1 fully saturated rings. The van der Waals surface area contributed by atoms with Gasteiger partial charge in [-0.05, 0) is 42.3 Å². The number of amides is 4. The Morgan fingerprint density at radius 3 is 2.75 bits per heavy atom. The summed E-state index contributed by atoms with van der Waals surface area (Å²) in [6.45, 7) is 0.265. The Morgan fingerprint density at radius 2 is 2.00 bits per heavy atom. The van der Waals surface area contributed by atoms with E-state index >= 15 is 0 Å². The number of aromatic nitrogens is 3. The van der Waals surface area contributed by atoms with Crippen LogP contribution in [0.4, 0.5) is 11.4 Å². The smallest absolute Gasteiger partial charge is 0.277 e. The molecule has 3 aromatic rings. The number of benzene rings is 2. The zero-order chi connectivity index (χ0) is 25.4. The number of hydrogen-bond donors (Lipinski definition) is 3. The van der Waals surface area contributed by atoms with Crippen molar-refractivity contribution in [2.45, 2.75) is 25.4 Å². The van der Waals surface area contributed by atoms with Crippen molar-refractivity contribution in [3.05, 3.63) is 65.0 Å². The molecule has 1 saturated heterocycles. The minimum atomic E-state index is -0.699. The van der Waals surface area contributed by atoms with Gasteiger partial charge in [-0.25, -0.2) is 4.68 Å². The number of nitrogens with zero attached hydrogens (tertiary/aromatic N) is 5. The second-order valence-electron chi connectivity index (χ2n) is 8.37. The molecular formula is C24H20N8O4. The van der Waals surface area contributed by atoms with Gasteiger partial charge in [0.25, 0.3) is 11.8 Å². The summed E-state index contributed by atoms with van der Waals surface area (Å²) in [5, 5.41) is 25.1. The minimum absolute atomic E-state index is 0.0383. The molecule has 2 aliphatic rings. The molecule has 3 heterocycles. The molecule has 1 atom stereocenters. The van der Waals surface area contributed by atoms with Crippen molar-refractivity contribution in [3.63, 3.8) is 0 Å². The van der Waals surface area contributed by atoms with Gasteiger partial charge in [-0.1, -0.05) is 11.3 Å². The summed E-state index contributed by atoms with van der Waals surface area (Å²) in [5.41, 5.74) is 3.18. The third kappa shape index (κ3) is 4.03. The van der Waals surface area contributed by atoms with Crippen LogP contribution in [-0.2, 0) is 16.1 Å². The molecule has 2 aromatic carbocycles. The highest BCUT2D eigenvalue weighted by Gasteiger charge is 2.39. The monoisotopic (exact) mass is 484 g/mol. The third-order valence-electron chi connectivity index (χ3n) is 6.17. The molecule has 1 unspecified atom stereocenters. The van der Waals surface area contributed by atoms with Crippen molar-refractivity contribution in [3.8, 4) is 11.8 Å². The number of carbonyl (C=O) groups is 4. The van der Waals surface area contributed by atoms with E-state index in [2.05, 4.69) is 26.3 Å². The molecule has 12 heteroatoms. The maximum atomic E-state index is 13.1. The first-order valence-electron chi connectivity index (χ1n) is 11.1. The summed E-state index contributed by atoms with van der Waals surface area (Å²) in [4.78, 5) is 51.0. The van der Waals surface area contributed by atoms with Gasteiger partial charge in [-0.2, -0.15) is 5.26 Å². The fraction of sp³-hybridized carbons (Fsp3) is 0.208. The summed E-state index contributed by atoms with van der Waals surface area (Å²) < 4.78 is 1.38. The van der Waals surface area contributed by atoms with Gasteiger partial charge in [0.1, 0.15) is 6.04 Å². The first-order chi connectivity index (χ1) is 17.4. The SMILES string of the molecule is CNc1ccc(C#N)cc1NC(=O)c1cn(-c2ccc3c(c2)C(=O)N(C2CCC(=O)NC2=O)C3)nn1. The lowest BCUT2D eigenvalue weighted by Crippen LogP contribution is -2.52. The van der Waals surface area contributed by atoms with Gasteiger partial charge in [0, 0.05) is 25.6 Å². The molecule has 0 bridgehead atoms. The van der Waals surface area contributed by atoms with Crippen LogP contribution < -0.4 is 16.0 Å². The first kappa shape index (κ1) is 22.7. The maximum Gasteiger partial charge on any atom is 0.277 e. The van der Waals surface area contributed by atoms with Gasteiger partial charge in [0.15, 0.2) is 5.69 Å². The Labute approximate surface area is 204 Å². The zero-order valence-electron chi connectivity index (χ0n) is 19.1. The Hall–Kier alpha value is -5.05. The van der Waals surface area contributed by atoms with Crippen LogP contribution in [0.3, 0.4) is 0 Å². The number of nitrogens with one attached hydrogen (secondary N) is 3. The highest BCUT2D eigenvalue weighted by molar-refractivity contribution is 6.06. The fourth-order valence-corrected chi connectivity index (χ4v) is 4.30. The number of imide groups is 1. The lowest BCUT2D eigenvalue weighted by molar-refractivity contribution is -0.136. The lowest BCUT2D eigenvalue weighted by atomic mass is 10.0. The average Bonchev–Trinajstić information content (AvgIpc) is 3.49. The van der Waals surface area contributed by atoms with E-state index in [-0.39, 0.29) is 36.9 Å². The van der Waals surface area contributed by atoms with Crippen molar-refractivity contribution in [2.75, 3.05) is 17.7 Å². The van der Waals surface area contributed by atoms with Gasteiger partial charge in [0.2, 0.25) is 11.8 Å². The van der Waals surface area contributed by atoms with Gasteiger partial charge < -0.3 is 15.5 Å². The number of hydrogen-bond acceptors (Lipinski definition) is 8. The molecule has 3 N–H and O–H groups in total. The van der Waals surface area contributed by atoms with E-state index < -0.39 is 17.9 Å². The maximum absolute atomic E-state index is 13.1. The topological polar surface area (TPSA) is 162 Å². The number of anilines is 2. The number of carbonyl (C=O) groups excluding carboxylic acids is 4. The van der Waals surface area contributed by atoms with Crippen LogP contribution in [0.2, 0.25) is 0 Å². The quantitative estimate of drug-likeness (QED) is 0.455. The number of nitriles is 1. The second kappa shape index (κ2) is 8.95. The molecule has 2 aliphatic heterocycles. The molecule has 5 rings (SSSR count). The zero-order valence-corrected chi connectivity index (χ0v) is 19.1. The van der Waals surface area contributed by atoms with Gasteiger partial charge in [-0.3, -0.25) is 24.5 Å². The standard InChI is InChI=1S/C24H20N8O4/c1-26-17-5-2-13(10-25)8-18(17)27-22(34)19-12-32(30-29-19)15-4-3-14-11-31(24(36)16(14)9-15)20-6-7-21(33)28-23(20)35/h2-5,8-9,12,20,26H,6-7,11H2,1H3,(H,27,34)(H,28,33,35). The van der Waals surface area contributed by atoms with Crippen LogP contribution in [0, 0.1) is 11.3 Å². The van der Waals surface area contributed by atoms with E-state index in [4.69, 9.17) is 5.26 Å². The molecule has 0 saturated carbocycles. The lowest BCUT2D eigenvalue weighted by Gasteiger charge is -2.29. The van der Waals surface area contributed by atoms with E-state index in [1.165, 1.54) is 15.8 Å². The van der Waals surface area contributed by atoms with Gasteiger partial charge in [-0.15, -0.1) is 5.10 Å². The summed E-state index contributed by atoms with van der Waals surface area (Å²) in [7, 11) is 1.70. The number of rotatable bonds is 5. The molecule has 12 nitrogen and oxygen atoms in total. The largest absolute Gasteiger partial charge is 0.386 e.